The van der Waals surface area contributed by atoms with Gasteiger partial charge in [-0.05, 0) is 43.9 Å². The summed E-state index contributed by atoms with van der Waals surface area (Å²) < 4.78 is 25.3. The number of rotatable bonds is 5. The zero-order valence-electron chi connectivity index (χ0n) is 13.2. The second kappa shape index (κ2) is 7.24. The van der Waals surface area contributed by atoms with Crippen molar-refractivity contribution in [2.24, 2.45) is 5.92 Å². The highest BCUT2D eigenvalue weighted by atomic mass is 32.2. The molecule has 0 spiro atoms. The van der Waals surface area contributed by atoms with Crippen molar-refractivity contribution >= 4 is 21.6 Å². The highest BCUT2D eigenvalue weighted by Crippen LogP contribution is 2.21. The van der Waals surface area contributed by atoms with Crippen molar-refractivity contribution in [2.75, 3.05) is 24.2 Å². The van der Waals surface area contributed by atoms with Crippen molar-refractivity contribution in [1.29, 1.82) is 0 Å². The molecule has 1 fully saturated rings. The summed E-state index contributed by atoms with van der Waals surface area (Å²) in [6.45, 7) is 4.52. The zero-order valence-corrected chi connectivity index (χ0v) is 14.0. The Bertz CT molecular complexity index is 611. The minimum Gasteiger partial charge on any atom is -0.326 e. The minimum atomic E-state index is -3.22. The molecule has 1 aromatic rings. The molecule has 122 valence electrons. The number of sulfonamides is 1. The zero-order chi connectivity index (χ0) is 16.2. The Morgan fingerprint density at radius 1 is 1.27 bits per heavy atom. The fourth-order valence-corrected chi connectivity index (χ4v) is 3.84. The molecule has 0 aromatic heterocycles. The third-order valence-electron chi connectivity index (χ3n) is 4.14. The first-order valence-electron chi connectivity index (χ1n) is 7.84. The van der Waals surface area contributed by atoms with E-state index in [0.29, 0.717) is 6.54 Å². The lowest BCUT2D eigenvalue weighted by Crippen LogP contribution is -2.44. The van der Waals surface area contributed by atoms with Crippen LogP contribution in [0.25, 0.3) is 0 Å². The van der Waals surface area contributed by atoms with E-state index in [1.165, 1.54) is 9.87 Å². The second-order valence-electron chi connectivity index (χ2n) is 5.64. The number of carbonyl (C=O) groups excluding carboxylic acids is 1. The van der Waals surface area contributed by atoms with Gasteiger partial charge in [0.1, 0.15) is 0 Å². The van der Waals surface area contributed by atoms with E-state index in [4.69, 9.17) is 0 Å². The van der Waals surface area contributed by atoms with Crippen molar-refractivity contribution in [3.63, 3.8) is 0 Å². The number of piperidine rings is 1. The summed E-state index contributed by atoms with van der Waals surface area (Å²) >= 11 is 0. The molecule has 0 aliphatic carbocycles. The van der Waals surface area contributed by atoms with Gasteiger partial charge in [0.05, 0.1) is 11.7 Å². The maximum Gasteiger partial charge on any atom is 0.228 e. The number of hydrogen-bond donors (Lipinski definition) is 1. The largest absolute Gasteiger partial charge is 0.326 e. The molecule has 1 saturated heterocycles. The summed E-state index contributed by atoms with van der Waals surface area (Å²) in [7, 11) is -3.22. The smallest absolute Gasteiger partial charge is 0.228 e. The highest BCUT2D eigenvalue weighted by Gasteiger charge is 2.31. The Morgan fingerprint density at radius 2 is 1.95 bits per heavy atom. The van der Waals surface area contributed by atoms with Gasteiger partial charge in [0.15, 0.2) is 0 Å². The topological polar surface area (TPSA) is 66.5 Å². The van der Waals surface area contributed by atoms with Gasteiger partial charge in [-0.25, -0.2) is 12.7 Å². The van der Waals surface area contributed by atoms with Gasteiger partial charge in [-0.1, -0.05) is 19.1 Å². The molecule has 1 aliphatic heterocycles. The molecule has 1 heterocycles. The van der Waals surface area contributed by atoms with E-state index in [2.05, 4.69) is 12.2 Å². The van der Waals surface area contributed by atoms with Gasteiger partial charge in [0, 0.05) is 18.8 Å². The molecular weight excluding hydrogens is 300 g/mol. The number of aryl methyl sites for hydroxylation is 1. The molecule has 0 radical (unpaired) electrons. The summed E-state index contributed by atoms with van der Waals surface area (Å²) in [5, 5.41) is 2.89. The van der Waals surface area contributed by atoms with E-state index in [9.17, 15) is 13.2 Å². The molecule has 1 amide bonds. The molecule has 0 bridgehead atoms. The van der Waals surface area contributed by atoms with Crippen molar-refractivity contribution in [3.05, 3.63) is 29.8 Å². The number of nitrogens with one attached hydrogen (secondary N) is 1. The first kappa shape index (κ1) is 17.0. The summed E-state index contributed by atoms with van der Waals surface area (Å²) in [4.78, 5) is 12.4. The van der Waals surface area contributed by atoms with Crippen LogP contribution in [-0.2, 0) is 21.2 Å². The van der Waals surface area contributed by atoms with Gasteiger partial charge < -0.3 is 5.32 Å². The Hall–Kier alpha value is -1.40. The van der Waals surface area contributed by atoms with Crippen molar-refractivity contribution in [1.82, 2.24) is 4.31 Å². The normalized spacial score (nSPS) is 19.8. The van der Waals surface area contributed by atoms with E-state index < -0.39 is 10.0 Å². The van der Waals surface area contributed by atoms with E-state index in [1.54, 1.807) is 6.92 Å². The summed E-state index contributed by atoms with van der Waals surface area (Å²) in [6.07, 6.45) is 2.42. The van der Waals surface area contributed by atoms with Crippen LogP contribution in [0.3, 0.4) is 0 Å². The number of nitrogens with zero attached hydrogens (tertiary/aromatic N) is 1. The molecule has 1 aromatic carbocycles. The third kappa shape index (κ3) is 4.08. The predicted octanol–water partition coefficient (Wildman–Crippen LogP) is 2.25. The lowest BCUT2D eigenvalue weighted by Gasteiger charge is -2.30. The van der Waals surface area contributed by atoms with E-state index in [0.717, 1.165) is 24.9 Å². The summed E-state index contributed by atoms with van der Waals surface area (Å²) in [5.41, 5.74) is 1.98. The van der Waals surface area contributed by atoms with Gasteiger partial charge in [0.2, 0.25) is 15.9 Å². The summed E-state index contributed by atoms with van der Waals surface area (Å²) in [5.74, 6) is -0.291. The van der Waals surface area contributed by atoms with Crippen molar-refractivity contribution in [3.8, 4) is 0 Å². The van der Waals surface area contributed by atoms with E-state index in [1.807, 2.05) is 24.3 Å². The molecular formula is C16H24N2O3S. The van der Waals surface area contributed by atoms with Crippen LogP contribution in [0.1, 0.15) is 32.3 Å². The number of hydrogen-bond acceptors (Lipinski definition) is 3. The van der Waals surface area contributed by atoms with Crippen LogP contribution in [0.15, 0.2) is 24.3 Å². The number of anilines is 1. The maximum atomic E-state index is 12.4. The average Bonchev–Trinajstić information content (AvgIpc) is 2.55. The molecule has 2 rings (SSSR count). The first-order chi connectivity index (χ1) is 10.5. The molecule has 1 aliphatic rings. The highest BCUT2D eigenvalue weighted by molar-refractivity contribution is 7.89. The van der Waals surface area contributed by atoms with Gasteiger partial charge in [-0.15, -0.1) is 0 Å². The van der Waals surface area contributed by atoms with Gasteiger partial charge in [0.25, 0.3) is 0 Å². The molecule has 6 heteroatoms. The fourth-order valence-electron chi connectivity index (χ4n) is 2.66. The van der Waals surface area contributed by atoms with Gasteiger partial charge in [-0.2, -0.15) is 0 Å². The van der Waals surface area contributed by atoms with Crippen molar-refractivity contribution < 1.29 is 13.2 Å². The van der Waals surface area contributed by atoms with Crippen LogP contribution in [-0.4, -0.2) is 37.5 Å². The quantitative estimate of drug-likeness (QED) is 0.903. The molecule has 5 nitrogen and oxygen atoms in total. The minimum absolute atomic E-state index is 0.0832. The SMILES string of the molecule is CCc1ccc(NC(=O)[C@H]2CCCN(S(=O)(=O)CC)C2)cc1. The standard InChI is InChI=1S/C16H24N2O3S/c1-3-13-7-9-15(10-8-13)17-16(19)14-6-5-11-18(12-14)22(20,21)4-2/h7-10,14H,3-6,11-12H2,1-2H3,(H,17,19)/t14-/m0/s1. The molecule has 0 saturated carbocycles. The monoisotopic (exact) mass is 324 g/mol. The average molecular weight is 324 g/mol. The van der Waals surface area contributed by atoms with E-state index in [-0.39, 0.29) is 24.1 Å². The molecule has 22 heavy (non-hydrogen) atoms. The number of benzene rings is 1. The Labute approximate surface area is 132 Å². The predicted molar refractivity (Wildman–Crippen MR) is 88.2 cm³/mol. The lowest BCUT2D eigenvalue weighted by atomic mass is 9.98. The fraction of sp³-hybridized carbons (Fsp3) is 0.562. The first-order valence-corrected chi connectivity index (χ1v) is 9.44. The number of amides is 1. The van der Waals surface area contributed by atoms with Crippen LogP contribution in [0, 0.1) is 5.92 Å². The molecule has 0 unspecified atom stereocenters. The third-order valence-corrected chi connectivity index (χ3v) is 5.99. The van der Waals surface area contributed by atoms with Crippen LogP contribution in [0.4, 0.5) is 5.69 Å². The van der Waals surface area contributed by atoms with Crippen LogP contribution >= 0.6 is 0 Å². The van der Waals surface area contributed by atoms with Gasteiger partial charge in [-0.3, -0.25) is 4.79 Å². The Morgan fingerprint density at radius 3 is 2.55 bits per heavy atom. The van der Waals surface area contributed by atoms with E-state index >= 15 is 0 Å². The second-order valence-corrected chi connectivity index (χ2v) is 7.90. The number of carbonyl (C=O) groups is 1. The van der Waals surface area contributed by atoms with Crippen molar-refractivity contribution in [2.45, 2.75) is 33.1 Å². The summed E-state index contributed by atoms with van der Waals surface area (Å²) in [6, 6.07) is 7.76. The Balaban J connectivity index is 1.99. The molecule has 1 atom stereocenters. The van der Waals surface area contributed by atoms with Gasteiger partial charge >= 0.3 is 0 Å². The van der Waals surface area contributed by atoms with Crippen LogP contribution < -0.4 is 5.32 Å². The maximum absolute atomic E-state index is 12.4. The Kier molecular flexibility index (Phi) is 5.58. The lowest BCUT2D eigenvalue weighted by molar-refractivity contribution is -0.120. The van der Waals surface area contributed by atoms with Crippen LogP contribution in [0.2, 0.25) is 0 Å². The van der Waals surface area contributed by atoms with Crippen LogP contribution in [0.5, 0.6) is 0 Å². The molecule has 1 N–H and O–H groups in total.